The topological polar surface area (TPSA) is 95.6 Å². The monoisotopic (exact) mass is 370 g/mol. The molecule has 154 valence electrons. The first-order valence-electron chi connectivity index (χ1n) is 10.6. The zero-order chi connectivity index (χ0) is 19.5. The highest BCUT2D eigenvalue weighted by Crippen LogP contribution is 2.12. The van der Waals surface area contributed by atoms with E-state index in [1.165, 1.54) is 64.2 Å². The van der Waals surface area contributed by atoms with Crippen LogP contribution in [0.3, 0.4) is 0 Å². The number of nitrogens with two attached hydrogens (primary N) is 1. The first kappa shape index (κ1) is 25.1. The number of hydrogen-bond acceptors (Lipinski definition) is 4. The number of aliphatic hydroxyl groups is 2. The summed E-state index contributed by atoms with van der Waals surface area (Å²) in [6.07, 6.45) is 18.4. The summed E-state index contributed by atoms with van der Waals surface area (Å²) in [4.78, 5) is 11.5. The van der Waals surface area contributed by atoms with Crippen LogP contribution in [0, 0.1) is 0 Å². The lowest BCUT2D eigenvalue weighted by molar-refractivity contribution is -0.122. The van der Waals surface area contributed by atoms with Gasteiger partial charge in [0.25, 0.3) is 0 Å². The van der Waals surface area contributed by atoms with E-state index in [0.29, 0.717) is 0 Å². The highest BCUT2D eigenvalue weighted by Gasteiger charge is 2.17. The Morgan fingerprint density at radius 2 is 1.54 bits per heavy atom. The van der Waals surface area contributed by atoms with Crippen molar-refractivity contribution in [3.8, 4) is 0 Å². The highest BCUT2D eigenvalue weighted by molar-refractivity contribution is 5.76. The maximum atomic E-state index is 11.5. The Balaban J connectivity index is 3.59. The summed E-state index contributed by atoms with van der Waals surface area (Å²) >= 11 is 0. The molecule has 2 atom stereocenters. The minimum atomic E-state index is -0.866. The number of aliphatic hydroxyl groups excluding tert-OH is 2. The third kappa shape index (κ3) is 15.4. The Labute approximate surface area is 160 Å². The van der Waals surface area contributed by atoms with E-state index in [0.717, 1.165) is 12.8 Å². The molecule has 0 aliphatic carbocycles. The molecule has 0 saturated heterocycles. The molecule has 0 aromatic heterocycles. The van der Waals surface area contributed by atoms with Crippen molar-refractivity contribution in [2.45, 2.75) is 103 Å². The van der Waals surface area contributed by atoms with Gasteiger partial charge >= 0.3 is 0 Å². The van der Waals surface area contributed by atoms with Gasteiger partial charge in [-0.3, -0.25) is 4.79 Å². The number of rotatable bonds is 18. The van der Waals surface area contributed by atoms with Crippen LogP contribution < -0.4 is 11.1 Å². The molecule has 0 fully saturated rings. The van der Waals surface area contributed by atoms with Gasteiger partial charge in [0.05, 0.1) is 18.8 Å². The SMILES string of the molecule is CCCCCCCCCCCCC/C=C/[C@@H](O)[C@H](CO)NC(=O)CCN. The molecule has 1 amide bonds. The standard InChI is InChI=1S/C21H42N2O3/c1-2-3-4-5-6-7-8-9-10-11-12-13-14-15-20(25)19(18-24)23-21(26)16-17-22/h14-15,19-20,24-25H,2-13,16-18,22H2,1H3,(H,23,26)/b15-14+/t19-,20+/m0/s1. The second kappa shape index (κ2) is 18.9. The van der Waals surface area contributed by atoms with Gasteiger partial charge in [0, 0.05) is 13.0 Å². The second-order valence-electron chi connectivity index (χ2n) is 7.14. The van der Waals surface area contributed by atoms with E-state index in [1.807, 2.05) is 6.08 Å². The molecule has 0 unspecified atom stereocenters. The molecule has 0 aromatic rings. The van der Waals surface area contributed by atoms with Crippen LogP contribution >= 0.6 is 0 Å². The summed E-state index contributed by atoms with van der Waals surface area (Å²) in [6.45, 7) is 2.22. The number of hydrogen-bond donors (Lipinski definition) is 4. The second-order valence-corrected chi connectivity index (χ2v) is 7.14. The fourth-order valence-corrected chi connectivity index (χ4v) is 2.95. The van der Waals surface area contributed by atoms with Gasteiger partial charge in [-0.05, 0) is 12.8 Å². The fraction of sp³-hybridized carbons (Fsp3) is 0.857. The molecule has 0 saturated carbocycles. The Morgan fingerprint density at radius 3 is 2.04 bits per heavy atom. The zero-order valence-electron chi connectivity index (χ0n) is 16.8. The summed E-state index contributed by atoms with van der Waals surface area (Å²) in [5.41, 5.74) is 5.31. The first-order chi connectivity index (χ1) is 12.7. The van der Waals surface area contributed by atoms with Crippen LogP contribution in [0.5, 0.6) is 0 Å². The lowest BCUT2D eigenvalue weighted by Crippen LogP contribution is -2.45. The van der Waals surface area contributed by atoms with E-state index in [9.17, 15) is 15.0 Å². The Kier molecular flexibility index (Phi) is 18.2. The average molecular weight is 371 g/mol. The molecule has 5 heteroatoms. The van der Waals surface area contributed by atoms with Crippen LogP contribution in [-0.2, 0) is 4.79 Å². The minimum absolute atomic E-state index is 0.200. The average Bonchev–Trinajstić information content (AvgIpc) is 2.63. The van der Waals surface area contributed by atoms with Crippen LogP contribution in [0.1, 0.15) is 90.4 Å². The summed E-state index contributed by atoms with van der Waals surface area (Å²) in [5, 5.41) is 21.9. The normalized spacial score (nSPS) is 13.8. The quantitative estimate of drug-likeness (QED) is 0.219. The van der Waals surface area contributed by atoms with E-state index in [4.69, 9.17) is 5.73 Å². The summed E-state index contributed by atoms with van der Waals surface area (Å²) in [5.74, 6) is -0.246. The molecular weight excluding hydrogens is 328 g/mol. The van der Waals surface area contributed by atoms with Gasteiger partial charge in [0.1, 0.15) is 0 Å². The molecule has 5 nitrogen and oxygen atoms in total. The van der Waals surface area contributed by atoms with Crippen molar-refractivity contribution < 1.29 is 15.0 Å². The van der Waals surface area contributed by atoms with Gasteiger partial charge in [0.2, 0.25) is 5.91 Å². The van der Waals surface area contributed by atoms with Crippen molar-refractivity contribution in [2.75, 3.05) is 13.2 Å². The Hall–Kier alpha value is -0.910. The summed E-state index contributed by atoms with van der Waals surface area (Å²) in [6, 6.07) is -0.664. The van der Waals surface area contributed by atoms with Crippen LogP contribution in [0.15, 0.2) is 12.2 Å². The van der Waals surface area contributed by atoms with Crippen molar-refractivity contribution in [1.29, 1.82) is 0 Å². The van der Waals surface area contributed by atoms with E-state index in [1.54, 1.807) is 6.08 Å². The molecule has 0 radical (unpaired) electrons. The van der Waals surface area contributed by atoms with Gasteiger partial charge in [-0.2, -0.15) is 0 Å². The number of nitrogens with one attached hydrogen (secondary N) is 1. The van der Waals surface area contributed by atoms with Crippen molar-refractivity contribution in [3.05, 3.63) is 12.2 Å². The zero-order valence-corrected chi connectivity index (χ0v) is 16.8. The van der Waals surface area contributed by atoms with Crippen molar-refractivity contribution in [3.63, 3.8) is 0 Å². The minimum Gasteiger partial charge on any atom is -0.394 e. The maximum absolute atomic E-state index is 11.5. The number of amides is 1. The highest BCUT2D eigenvalue weighted by atomic mass is 16.3. The summed E-state index contributed by atoms with van der Waals surface area (Å²) < 4.78 is 0. The van der Waals surface area contributed by atoms with Crippen LogP contribution in [0.2, 0.25) is 0 Å². The van der Waals surface area contributed by atoms with Gasteiger partial charge in [-0.1, -0.05) is 83.3 Å². The molecule has 0 rings (SSSR count). The van der Waals surface area contributed by atoms with Crippen molar-refractivity contribution >= 4 is 5.91 Å². The van der Waals surface area contributed by atoms with E-state index < -0.39 is 12.1 Å². The van der Waals surface area contributed by atoms with E-state index >= 15 is 0 Å². The van der Waals surface area contributed by atoms with Crippen LogP contribution in [0.25, 0.3) is 0 Å². The summed E-state index contributed by atoms with van der Waals surface area (Å²) in [7, 11) is 0. The molecule has 0 aliphatic heterocycles. The third-order valence-corrected chi connectivity index (χ3v) is 4.63. The van der Waals surface area contributed by atoms with Gasteiger partial charge in [0.15, 0.2) is 0 Å². The Morgan fingerprint density at radius 1 is 1.00 bits per heavy atom. The maximum Gasteiger partial charge on any atom is 0.221 e. The lowest BCUT2D eigenvalue weighted by Gasteiger charge is -2.19. The van der Waals surface area contributed by atoms with Crippen molar-refractivity contribution in [1.82, 2.24) is 5.32 Å². The molecule has 5 N–H and O–H groups in total. The number of unbranched alkanes of at least 4 members (excludes halogenated alkanes) is 11. The smallest absolute Gasteiger partial charge is 0.221 e. The van der Waals surface area contributed by atoms with Gasteiger partial charge in [-0.15, -0.1) is 0 Å². The van der Waals surface area contributed by atoms with E-state index in [2.05, 4.69) is 12.2 Å². The third-order valence-electron chi connectivity index (χ3n) is 4.63. The number of carbonyl (C=O) groups excluding carboxylic acids is 1. The van der Waals surface area contributed by atoms with Crippen LogP contribution in [0.4, 0.5) is 0 Å². The molecule has 0 aliphatic rings. The van der Waals surface area contributed by atoms with Crippen molar-refractivity contribution in [2.24, 2.45) is 5.73 Å². The number of allylic oxidation sites excluding steroid dienone is 1. The largest absolute Gasteiger partial charge is 0.394 e. The lowest BCUT2D eigenvalue weighted by atomic mass is 10.0. The van der Waals surface area contributed by atoms with Gasteiger partial charge < -0.3 is 21.3 Å². The Bertz CT molecular complexity index is 348. The molecule has 0 aromatic carbocycles. The molecule has 0 spiro atoms. The molecule has 0 bridgehead atoms. The fourth-order valence-electron chi connectivity index (χ4n) is 2.95. The molecule has 0 heterocycles. The first-order valence-corrected chi connectivity index (χ1v) is 10.6. The predicted molar refractivity (Wildman–Crippen MR) is 109 cm³/mol. The predicted octanol–water partition coefficient (Wildman–Crippen LogP) is 3.43. The van der Waals surface area contributed by atoms with E-state index in [-0.39, 0.29) is 25.5 Å². The number of carbonyl (C=O) groups is 1. The van der Waals surface area contributed by atoms with Crippen LogP contribution in [-0.4, -0.2) is 41.4 Å². The van der Waals surface area contributed by atoms with Gasteiger partial charge in [-0.25, -0.2) is 0 Å². The molecular formula is C21H42N2O3. The molecule has 26 heavy (non-hydrogen) atoms.